The van der Waals surface area contributed by atoms with E-state index in [0.717, 1.165) is 37.4 Å². The minimum atomic E-state index is -4.46. The van der Waals surface area contributed by atoms with Crippen LogP contribution >= 0.6 is 0 Å². The summed E-state index contributed by atoms with van der Waals surface area (Å²) in [6, 6.07) is 10.5. The summed E-state index contributed by atoms with van der Waals surface area (Å²) < 4.78 is 80.6. The van der Waals surface area contributed by atoms with Crippen molar-refractivity contribution in [2.24, 2.45) is 0 Å². The van der Waals surface area contributed by atoms with Crippen LogP contribution in [0.1, 0.15) is 44.4 Å². The number of aryl methyl sites for hydroxylation is 1. The van der Waals surface area contributed by atoms with E-state index in [-0.39, 0.29) is 30.1 Å². The number of nitrogens with zero attached hydrogens (tertiary/aromatic N) is 5. The van der Waals surface area contributed by atoms with Gasteiger partial charge >= 0.3 is 6.18 Å². The Hall–Kier alpha value is -3.42. The average molecular weight is 634 g/mol. The molecule has 8 nitrogen and oxygen atoms in total. The van der Waals surface area contributed by atoms with Gasteiger partial charge in [0.2, 0.25) is 16.0 Å². The lowest BCUT2D eigenvalue weighted by Crippen LogP contribution is -2.49. The maximum absolute atomic E-state index is 13.4. The fraction of sp³-hybridized carbons (Fsp3) is 0.452. The summed E-state index contributed by atoms with van der Waals surface area (Å²) in [6.07, 6.45) is -3.34. The minimum absolute atomic E-state index is 0.0180. The Morgan fingerprint density at radius 2 is 1.61 bits per heavy atom. The molecule has 13 heteroatoms. The molecule has 0 amide bonds. The highest BCUT2D eigenvalue weighted by Gasteiger charge is 2.39. The molecule has 0 unspecified atom stereocenters. The Morgan fingerprint density at radius 1 is 0.955 bits per heavy atom. The molecule has 1 aromatic heterocycles. The molecule has 0 N–H and O–H groups in total. The molecule has 2 aliphatic heterocycles. The molecule has 2 aliphatic rings. The number of rotatable bonds is 9. The van der Waals surface area contributed by atoms with E-state index < -0.39 is 33.6 Å². The van der Waals surface area contributed by atoms with Gasteiger partial charge in [-0.15, -0.1) is 0 Å². The predicted octanol–water partition coefficient (Wildman–Crippen LogP) is 5.19. The van der Waals surface area contributed by atoms with Crippen LogP contribution < -0.4 is 4.90 Å². The standard InChI is InChI=1S/C31H35F4N5O3S/c1-21(2)38-16-18-39(19-17-38)30-36-25(20-27(37-30)22-5-7-23(8-6-22)31(33,34)35)11-14-29(41)28-4-3-15-40(28)44(42,43)26-12-9-24(32)10-13-26/h5-10,12-13,20-21,28H,3-4,11,14-19H2,1-2H3/t28-/m0/s1. The lowest BCUT2D eigenvalue weighted by atomic mass is 10.0. The highest BCUT2D eigenvalue weighted by atomic mass is 32.2. The van der Waals surface area contributed by atoms with Gasteiger partial charge in [-0.3, -0.25) is 9.69 Å². The second kappa shape index (κ2) is 12.9. The summed E-state index contributed by atoms with van der Waals surface area (Å²) in [5.74, 6) is -0.371. The zero-order valence-electron chi connectivity index (χ0n) is 24.6. The second-order valence-corrected chi connectivity index (χ2v) is 13.3. The number of aromatic nitrogens is 2. The molecule has 0 aliphatic carbocycles. The second-order valence-electron chi connectivity index (χ2n) is 11.4. The molecule has 2 aromatic carbocycles. The van der Waals surface area contributed by atoms with E-state index in [1.165, 1.54) is 28.6 Å². The molecule has 3 aromatic rings. The van der Waals surface area contributed by atoms with Crippen LogP contribution in [0.15, 0.2) is 59.5 Å². The van der Waals surface area contributed by atoms with Crippen molar-refractivity contribution in [1.29, 1.82) is 0 Å². The van der Waals surface area contributed by atoms with E-state index in [9.17, 15) is 30.8 Å². The number of halogens is 4. The van der Waals surface area contributed by atoms with E-state index in [2.05, 4.69) is 18.7 Å². The van der Waals surface area contributed by atoms with Crippen LogP contribution in [-0.4, -0.2) is 78.2 Å². The summed E-state index contributed by atoms with van der Waals surface area (Å²) in [6.45, 7) is 7.40. The summed E-state index contributed by atoms with van der Waals surface area (Å²) in [4.78, 5) is 27.1. The highest BCUT2D eigenvalue weighted by molar-refractivity contribution is 7.89. The van der Waals surface area contributed by atoms with Crippen LogP contribution in [0, 0.1) is 5.82 Å². The fourth-order valence-corrected chi connectivity index (χ4v) is 7.36. The smallest absolute Gasteiger partial charge is 0.338 e. The monoisotopic (exact) mass is 633 g/mol. The Balaban J connectivity index is 1.37. The number of hydrogen-bond acceptors (Lipinski definition) is 7. The van der Waals surface area contributed by atoms with Gasteiger partial charge in [-0.05, 0) is 75.6 Å². The third-order valence-electron chi connectivity index (χ3n) is 8.23. The van der Waals surface area contributed by atoms with Gasteiger partial charge in [-0.25, -0.2) is 22.8 Å². The number of carbonyl (C=O) groups excluding carboxylic acids is 1. The highest BCUT2D eigenvalue weighted by Crippen LogP contribution is 2.32. The Morgan fingerprint density at radius 3 is 2.23 bits per heavy atom. The predicted molar refractivity (Wildman–Crippen MR) is 158 cm³/mol. The van der Waals surface area contributed by atoms with Gasteiger partial charge in [0.05, 0.1) is 22.2 Å². The number of piperazine rings is 1. The number of ketones is 1. The third-order valence-corrected chi connectivity index (χ3v) is 10.1. The molecule has 2 fully saturated rings. The summed E-state index contributed by atoms with van der Waals surface area (Å²) in [5, 5.41) is 0. The molecular weight excluding hydrogens is 598 g/mol. The normalized spacial score (nSPS) is 18.7. The van der Waals surface area contributed by atoms with Crippen molar-refractivity contribution >= 4 is 21.8 Å². The van der Waals surface area contributed by atoms with Crippen molar-refractivity contribution in [3.63, 3.8) is 0 Å². The number of hydrogen-bond donors (Lipinski definition) is 0. The largest absolute Gasteiger partial charge is 0.416 e. The Kier molecular flexibility index (Phi) is 9.38. The number of sulfonamides is 1. The third kappa shape index (κ3) is 7.10. The molecule has 0 spiro atoms. The SMILES string of the molecule is CC(C)N1CCN(c2nc(CCC(=O)[C@@H]3CCCN3S(=O)(=O)c3ccc(F)cc3)cc(-c3ccc(C(F)(F)F)cc3)n2)CC1. The maximum atomic E-state index is 13.4. The molecule has 44 heavy (non-hydrogen) atoms. The first-order valence-electron chi connectivity index (χ1n) is 14.7. The molecule has 1 atom stereocenters. The number of anilines is 1. The van der Waals surface area contributed by atoms with Crippen molar-refractivity contribution in [1.82, 2.24) is 19.2 Å². The van der Waals surface area contributed by atoms with Gasteiger partial charge in [0.1, 0.15) is 5.82 Å². The lowest BCUT2D eigenvalue weighted by molar-refractivity contribution is -0.137. The van der Waals surface area contributed by atoms with Crippen molar-refractivity contribution in [3.8, 4) is 11.3 Å². The van der Waals surface area contributed by atoms with E-state index in [0.29, 0.717) is 54.9 Å². The first kappa shape index (κ1) is 32.0. The van der Waals surface area contributed by atoms with Gasteiger partial charge in [-0.1, -0.05) is 12.1 Å². The summed E-state index contributed by atoms with van der Waals surface area (Å²) in [7, 11) is -3.99. The van der Waals surface area contributed by atoms with E-state index in [4.69, 9.17) is 9.97 Å². The Bertz CT molecular complexity index is 1570. The van der Waals surface area contributed by atoms with Crippen LogP contribution in [0.2, 0.25) is 0 Å². The van der Waals surface area contributed by atoms with Gasteiger partial charge in [0, 0.05) is 56.4 Å². The molecule has 2 saturated heterocycles. The molecular formula is C31H35F4N5O3S. The number of Topliss-reactive ketones (excluding diaryl/α,β-unsaturated/α-hetero) is 1. The van der Waals surface area contributed by atoms with Crippen molar-refractivity contribution in [2.45, 2.75) is 62.7 Å². The lowest BCUT2D eigenvalue weighted by Gasteiger charge is -2.37. The number of alkyl halides is 3. The van der Waals surface area contributed by atoms with Crippen molar-refractivity contribution in [3.05, 3.63) is 71.7 Å². The van der Waals surface area contributed by atoms with Crippen LogP contribution in [0.3, 0.4) is 0 Å². The first-order valence-corrected chi connectivity index (χ1v) is 16.1. The molecule has 5 rings (SSSR count). The molecule has 3 heterocycles. The van der Waals surface area contributed by atoms with Gasteiger partial charge in [-0.2, -0.15) is 17.5 Å². The molecule has 0 radical (unpaired) electrons. The molecule has 0 saturated carbocycles. The van der Waals surface area contributed by atoms with Gasteiger partial charge < -0.3 is 4.90 Å². The summed E-state index contributed by atoms with van der Waals surface area (Å²) in [5.41, 5.74) is 0.708. The maximum Gasteiger partial charge on any atom is 0.416 e. The van der Waals surface area contributed by atoms with E-state index in [1.807, 2.05) is 4.90 Å². The van der Waals surface area contributed by atoms with Crippen molar-refractivity contribution in [2.75, 3.05) is 37.6 Å². The van der Waals surface area contributed by atoms with Crippen molar-refractivity contribution < 1.29 is 30.8 Å². The van der Waals surface area contributed by atoms with Crippen LogP contribution in [-0.2, 0) is 27.4 Å². The van der Waals surface area contributed by atoms with Crippen LogP contribution in [0.25, 0.3) is 11.3 Å². The minimum Gasteiger partial charge on any atom is -0.338 e. The number of carbonyl (C=O) groups is 1. The Labute approximate surface area is 254 Å². The van der Waals surface area contributed by atoms with Crippen LogP contribution in [0.5, 0.6) is 0 Å². The zero-order valence-corrected chi connectivity index (χ0v) is 25.4. The summed E-state index contributed by atoms with van der Waals surface area (Å²) >= 11 is 0. The zero-order chi connectivity index (χ0) is 31.6. The molecule has 236 valence electrons. The van der Waals surface area contributed by atoms with E-state index >= 15 is 0 Å². The van der Waals surface area contributed by atoms with Gasteiger partial charge in [0.25, 0.3) is 0 Å². The fourth-order valence-electron chi connectivity index (χ4n) is 5.68. The first-order chi connectivity index (χ1) is 20.8. The molecule has 0 bridgehead atoms. The number of benzene rings is 2. The quantitative estimate of drug-likeness (QED) is 0.300. The van der Waals surface area contributed by atoms with E-state index in [1.54, 1.807) is 6.07 Å². The average Bonchev–Trinajstić information content (AvgIpc) is 3.51. The topological polar surface area (TPSA) is 86.7 Å². The van der Waals surface area contributed by atoms with Gasteiger partial charge in [0.15, 0.2) is 5.78 Å². The van der Waals surface area contributed by atoms with Crippen LogP contribution in [0.4, 0.5) is 23.5 Å².